The Labute approximate surface area is 213 Å². The van der Waals surface area contributed by atoms with Gasteiger partial charge in [0.25, 0.3) is 0 Å². The van der Waals surface area contributed by atoms with Gasteiger partial charge in [-0.05, 0) is 65.4 Å². The zero-order chi connectivity index (χ0) is 26.6. The number of carboxylic acid groups (broad SMARTS) is 1. The number of rotatable bonds is 10. The highest BCUT2D eigenvalue weighted by Gasteiger charge is 2.30. The molecule has 0 aliphatic carbocycles. The van der Waals surface area contributed by atoms with Gasteiger partial charge in [-0.3, -0.25) is 9.48 Å². The van der Waals surface area contributed by atoms with Crippen LogP contribution in [0.3, 0.4) is 0 Å². The molecule has 2 N–H and O–H groups in total. The summed E-state index contributed by atoms with van der Waals surface area (Å²) in [5, 5.41) is 17.5. The Morgan fingerprint density at radius 3 is 2.49 bits per heavy atom. The molecular formula is C29H30F3N3O2. The van der Waals surface area contributed by atoms with Crippen molar-refractivity contribution in [3.8, 4) is 11.1 Å². The molecule has 0 saturated heterocycles. The summed E-state index contributed by atoms with van der Waals surface area (Å²) in [6, 6.07) is 18.0. The summed E-state index contributed by atoms with van der Waals surface area (Å²) >= 11 is 0. The van der Waals surface area contributed by atoms with E-state index in [2.05, 4.69) is 24.4 Å². The molecule has 0 aliphatic heterocycles. The maximum Gasteiger partial charge on any atom is 0.416 e. The first-order valence-corrected chi connectivity index (χ1v) is 12.3. The predicted molar refractivity (Wildman–Crippen MR) is 138 cm³/mol. The van der Waals surface area contributed by atoms with Crippen LogP contribution in [0.5, 0.6) is 0 Å². The molecule has 5 nitrogen and oxygen atoms in total. The smallest absolute Gasteiger partial charge is 0.416 e. The van der Waals surface area contributed by atoms with Crippen LogP contribution in [0.1, 0.15) is 54.5 Å². The zero-order valence-corrected chi connectivity index (χ0v) is 20.8. The minimum absolute atomic E-state index is 0.0372. The Hall–Kier alpha value is -3.65. The van der Waals surface area contributed by atoms with E-state index in [1.165, 1.54) is 12.1 Å². The average molecular weight is 510 g/mol. The standard InChI is InChI=1S/C29H30F3N3O2/c1-3-4-26(21-7-5-20(6-8-21)17-33-14-13-28(36)37)35-27-12-9-22(16-23(27)18-34-35)25-11-10-24(15-19(25)2)29(30,31)32/h5-12,15-16,18,26,33H,3-4,13-14,17H2,1-2H3,(H,36,37). The molecule has 194 valence electrons. The minimum atomic E-state index is -4.36. The summed E-state index contributed by atoms with van der Waals surface area (Å²) in [6.07, 6.45) is -0.608. The number of aryl methyl sites for hydroxylation is 1. The van der Waals surface area contributed by atoms with Crippen LogP contribution in [0.4, 0.5) is 13.2 Å². The van der Waals surface area contributed by atoms with E-state index >= 15 is 0 Å². The Morgan fingerprint density at radius 2 is 1.84 bits per heavy atom. The van der Waals surface area contributed by atoms with Gasteiger partial charge >= 0.3 is 12.1 Å². The first-order chi connectivity index (χ1) is 17.7. The molecule has 4 aromatic rings. The van der Waals surface area contributed by atoms with Crippen LogP contribution >= 0.6 is 0 Å². The van der Waals surface area contributed by atoms with Crippen molar-refractivity contribution in [2.24, 2.45) is 0 Å². The highest BCUT2D eigenvalue weighted by molar-refractivity contribution is 5.85. The number of hydrogen-bond acceptors (Lipinski definition) is 3. The number of alkyl halides is 3. The quantitative estimate of drug-likeness (QED) is 0.226. The number of aliphatic carboxylic acids is 1. The molecule has 1 aromatic heterocycles. The summed E-state index contributed by atoms with van der Waals surface area (Å²) in [6.45, 7) is 4.84. The van der Waals surface area contributed by atoms with E-state index in [-0.39, 0.29) is 12.5 Å². The number of carboxylic acids is 1. The topological polar surface area (TPSA) is 67.2 Å². The largest absolute Gasteiger partial charge is 0.481 e. The van der Waals surface area contributed by atoms with Crippen molar-refractivity contribution in [3.05, 3.63) is 89.1 Å². The highest BCUT2D eigenvalue weighted by atomic mass is 19.4. The van der Waals surface area contributed by atoms with Crippen molar-refractivity contribution >= 4 is 16.9 Å². The van der Waals surface area contributed by atoms with Crippen LogP contribution in [0.15, 0.2) is 66.9 Å². The fourth-order valence-electron chi connectivity index (χ4n) is 4.62. The van der Waals surface area contributed by atoms with E-state index in [1.807, 2.05) is 41.2 Å². The number of nitrogens with one attached hydrogen (secondary N) is 1. The molecule has 0 radical (unpaired) electrons. The molecule has 37 heavy (non-hydrogen) atoms. The Kier molecular flexibility index (Phi) is 7.97. The maximum atomic E-state index is 13.1. The van der Waals surface area contributed by atoms with Crippen LogP contribution in [0.25, 0.3) is 22.0 Å². The molecule has 1 heterocycles. The van der Waals surface area contributed by atoms with Crippen LogP contribution in [-0.2, 0) is 17.5 Å². The minimum Gasteiger partial charge on any atom is -0.481 e. The molecule has 3 aromatic carbocycles. The monoisotopic (exact) mass is 509 g/mol. The van der Waals surface area contributed by atoms with Crippen LogP contribution in [0, 0.1) is 6.92 Å². The van der Waals surface area contributed by atoms with Gasteiger partial charge in [-0.2, -0.15) is 18.3 Å². The van der Waals surface area contributed by atoms with Gasteiger partial charge in [-0.25, -0.2) is 0 Å². The molecular weight excluding hydrogens is 479 g/mol. The number of hydrogen-bond donors (Lipinski definition) is 2. The normalized spacial score (nSPS) is 12.7. The lowest BCUT2D eigenvalue weighted by molar-refractivity contribution is -0.138. The van der Waals surface area contributed by atoms with Crippen LogP contribution in [0.2, 0.25) is 0 Å². The molecule has 0 bridgehead atoms. The number of halogens is 3. The molecule has 1 unspecified atom stereocenters. The molecule has 0 amide bonds. The summed E-state index contributed by atoms with van der Waals surface area (Å²) in [5.74, 6) is -0.821. The molecule has 4 rings (SSSR count). The van der Waals surface area contributed by atoms with Crippen LogP contribution < -0.4 is 5.32 Å². The van der Waals surface area contributed by atoms with Gasteiger partial charge in [0.1, 0.15) is 0 Å². The zero-order valence-electron chi connectivity index (χ0n) is 20.8. The lowest BCUT2D eigenvalue weighted by atomic mass is 9.97. The summed E-state index contributed by atoms with van der Waals surface area (Å²) in [5.41, 5.74) is 4.71. The van der Waals surface area contributed by atoms with Crippen molar-refractivity contribution in [3.63, 3.8) is 0 Å². The Morgan fingerprint density at radius 1 is 1.08 bits per heavy atom. The Bertz CT molecular complexity index is 1380. The maximum absolute atomic E-state index is 13.1. The van der Waals surface area contributed by atoms with Gasteiger partial charge in [-0.15, -0.1) is 0 Å². The second kappa shape index (κ2) is 11.2. The fraction of sp³-hybridized carbons (Fsp3) is 0.310. The number of benzene rings is 3. The lowest BCUT2D eigenvalue weighted by Gasteiger charge is -2.19. The SMILES string of the molecule is CCCC(c1ccc(CNCCC(=O)O)cc1)n1ncc2cc(-c3ccc(C(F)(F)F)cc3C)ccc21. The molecule has 0 fully saturated rings. The van der Waals surface area contributed by atoms with E-state index in [4.69, 9.17) is 10.2 Å². The second-order valence-electron chi connectivity index (χ2n) is 9.26. The van der Waals surface area contributed by atoms with Gasteiger partial charge < -0.3 is 10.4 Å². The first kappa shape index (κ1) is 26.4. The van der Waals surface area contributed by atoms with Crippen molar-refractivity contribution in [1.29, 1.82) is 0 Å². The first-order valence-electron chi connectivity index (χ1n) is 12.3. The second-order valence-corrected chi connectivity index (χ2v) is 9.26. The van der Waals surface area contributed by atoms with E-state index in [0.717, 1.165) is 52.1 Å². The third-order valence-electron chi connectivity index (χ3n) is 6.53. The number of carbonyl (C=O) groups is 1. The van der Waals surface area contributed by atoms with E-state index in [9.17, 15) is 18.0 Å². The van der Waals surface area contributed by atoms with Crippen molar-refractivity contribution in [2.45, 2.75) is 51.9 Å². The van der Waals surface area contributed by atoms with Gasteiger partial charge in [0.15, 0.2) is 0 Å². The third kappa shape index (κ3) is 6.20. The lowest BCUT2D eigenvalue weighted by Crippen LogP contribution is -2.17. The van der Waals surface area contributed by atoms with Gasteiger partial charge in [0.2, 0.25) is 0 Å². The molecule has 0 saturated carbocycles. The fourth-order valence-corrected chi connectivity index (χ4v) is 4.62. The summed E-state index contributed by atoms with van der Waals surface area (Å²) < 4.78 is 41.2. The Balaban J connectivity index is 1.58. The molecule has 1 atom stereocenters. The van der Waals surface area contributed by atoms with E-state index in [1.54, 1.807) is 6.92 Å². The molecule has 0 spiro atoms. The molecule has 0 aliphatic rings. The predicted octanol–water partition coefficient (Wildman–Crippen LogP) is 6.98. The number of fused-ring (bicyclic) bond motifs is 1. The number of nitrogens with zero attached hydrogens (tertiary/aromatic N) is 2. The molecule has 8 heteroatoms. The van der Waals surface area contributed by atoms with Crippen molar-refractivity contribution < 1.29 is 23.1 Å². The van der Waals surface area contributed by atoms with Crippen molar-refractivity contribution in [2.75, 3.05) is 6.54 Å². The van der Waals surface area contributed by atoms with Crippen LogP contribution in [-0.4, -0.2) is 27.4 Å². The van der Waals surface area contributed by atoms with E-state index < -0.39 is 17.7 Å². The van der Waals surface area contributed by atoms with Gasteiger partial charge in [0.05, 0.1) is 29.7 Å². The third-order valence-corrected chi connectivity index (χ3v) is 6.53. The average Bonchev–Trinajstić information content (AvgIpc) is 3.28. The highest BCUT2D eigenvalue weighted by Crippen LogP contribution is 2.35. The number of aromatic nitrogens is 2. The van der Waals surface area contributed by atoms with Crippen molar-refractivity contribution in [1.82, 2.24) is 15.1 Å². The van der Waals surface area contributed by atoms with Gasteiger partial charge in [0, 0.05) is 18.5 Å². The van der Waals surface area contributed by atoms with E-state index in [0.29, 0.717) is 18.7 Å². The summed E-state index contributed by atoms with van der Waals surface area (Å²) in [7, 11) is 0. The van der Waals surface area contributed by atoms with Gasteiger partial charge in [-0.1, -0.05) is 49.7 Å². The summed E-state index contributed by atoms with van der Waals surface area (Å²) in [4.78, 5) is 10.7.